The van der Waals surface area contributed by atoms with Crippen LogP contribution < -0.4 is 10.1 Å². The highest BCUT2D eigenvalue weighted by molar-refractivity contribution is 7.80. The summed E-state index contributed by atoms with van der Waals surface area (Å²) in [6.45, 7) is 6.31. The van der Waals surface area contributed by atoms with E-state index in [2.05, 4.69) is 17.9 Å². The molecule has 0 radical (unpaired) electrons. The third-order valence-corrected chi connectivity index (χ3v) is 5.49. The number of Topliss-reactive ketones (excluding diaryl/α,β-unsaturated/α-hetero) is 2. The van der Waals surface area contributed by atoms with Gasteiger partial charge in [0.1, 0.15) is 34.0 Å². The van der Waals surface area contributed by atoms with E-state index in [1.165, 1.54) is 26.8 Å². The molecule has 8 heteroatoms. The Bertz CT molecular complexity index is 1010. The Kier molecular flexibility index (Phi) is 4.79. The Hall–Kier alpha value is -2.74. The van der Waals surface area contributed by atoms with Gasteiger partial charge in [-0.3, -0.25) is 14.4 Å². The molecule has 3 N–H and O–H groups in total. The van der Waals surface area contributed by atoms with Gasteiger partial charge < -0.3 is 20.3 Å². The number of carbonyl (C=O) groups excluding carboxylic acids is 3. The second-order valence-electron chi connectivity index (χ2n) is 7.04. The monoisotopic (exact) mass is 403 g/mol. The summed E-state index contributed by atoms with van der Waals surface area (Å²) in [7, 11) is 0. The lowest BCUT2D eigenvalue weighted by Crippen LogP contribution is -2.41. The summed E-state index contributed by atoms with van der Waals surface area (Å²) in [4.78, 5) is 38.1. The van der Waals surface area contributed by atoms with Crippen molar-refractivity contribution in [2.45, 2.75) is 33.1 Å². The van der Waals surface area contributed by atoms with Gasteiger partial charge in [-0.05, 0) is 27.7 Å². The smallest absolute Gasteiger partial charge is 0.194 e. The van der Waals surface area contributed by atoms with Gasteiger partial charge in [-0.2, -0.15) is 12.6 Å². The van der Waals surface area contributed by atoms with E-state index in [1.54, 1.807) is 6.92 Å². The number of ether oxygens (including phenoxy) is 1. The van der Waals surface area contributed by atoms with Crippen LogP contribution in [0.25, 0.3) is 0 Å². The fraction of sp³-hybridized carbons (Fsp3) is 0.350. The Morgan fingerprint density at radius 3 is 2.46 bits per heavy atom. The summed E-state index contributed by atoms with van der Waals surface area (Å²) in [6.07, 6.45) is 1.19. The highest BCUT2D eigenvalue weighted by Crippen LogP contribution is 2.57. The molecule has 0 amide bonds. The molecule has 1 heterocycles. The number of carbonyl (C=O) groups is 3. The molecule has 148 valence electrons. The van der Waals surface area contributed by atoms with E-state index >= 15 is 0 Å². The molecule has 1 unspecified atom stereocenters. The summed E-state index contributed by atoms with van der Waals surface area (Å²) >= 11 is 4.11. The van der Waals surface area contributed by atoms with E-state index in [-0.39, 0.29) is 39.5 Å². The minimum atomic E-state index is -1.49. The van der Waals surface area contributed by atoms with Gasteiger partial charge in [-0.1, -0.05) is 0 Å². The molecule has 28 heavy (non-hydrogen) atoms. The zero-order valence-electron chi connectivity index (χ0n) is 16.0. The number of rotatable bonds is 4. The molecule has 1 atom stereocenters. The number of fused-ring (bicyclic) bond motifs is 3. The second-order valence-corrected chi connectivity index (χ2v) is 7.48. The predicted octanol–water partition coefficient (Wildman–Crippen LogP) is 2.09. The molecule has 7 nitrogen and oxygen atoms in total. The SMILES string of the molecule is CC(=O)c1c(O)c(C)c(O)c2c1OC1=CC(=O)/C(=C(/C)NCCS)C(=O)C12C. The first kappa shape index (κ1) is 20.0. The van der Waals surface area contributed by atoms with E-state index in [0.717, 1.165) is 0 Å². The number of thiol groups is 1. The topological polar surface area (TPSA) is 113 Å². The molecule has 1 aliphatic carbocycles. The maximum atomic E-state index is 13.4. The third-order valence-electron chi connectivity index (χ3n) is 5.26. The maximum absolute atomic E-state index is 13.4. The first-order valence-electron chi connectivity index (χ1n) is 8.71. The standard InChI is InChI=1S/C20H21NO6S/c1-8-16(24)14(10(3)22)18-15(17(8)25)20(4)12(27-18)7-11(23)13(19(20)26)9(2)21-5-6-28/h7,21,24-25,28H,5-6H2,1-4H3/b13-9+. The number of hydrogen-bond acceptors (Lipinski definition) is 8. The summed E-state index contributed by atoms with van der Waals surface area (Å²) in [5, 5.41) is 24.0. The van der Waals surface area contributed by atoms with Crippen molar-refractivity contribution in [2.75, 3.05) is 12.3 Å². The molecule has 0 aromatic heterocycles. The number of phenols is 2. The number of hydrogen-bond donors (Lipinski definition) is 4. The Morgan fingerprint density at radius 2 is 1.89 bits per heavy atom. The van der Waals surface area contributed by atoms with Crippen molar-refractivity contribution < 1.29 is 29.3 Å². The van der Waals surface area contributed by atoms with Crippen molar-refractivity contribution in [2.24, 2.45) is 0 Å². The van der Waals surface area contributed by atoms with Gasteiger partial charge >= 0.3 is 0 Å². The highest BCUT2D eigenvalue weighted by atomic mass is 32.1. The largest absolute Gasteiger partial charge is 0.507 e. The zero-order chi connectivity index (χ0) is 21.0. The van der Waals surface area contributed by atoms with Crippen LogP contribution in [0.3, 0.4) is 0 Å². The molecule has 0 fully saturated rings. The van der Waals surface area contributed by atoms with E-state index in [0.29, 0.717) is 18.0 Å². The fourth-order valence-corrected chi connectivity index (χ4v) is 3.81. The summed E-state index contributed by atoms with van der Waals surface area (Å²) in [5.41, 5.74) is -1.12. The van der Waals surface area contributed by atoms with Crippen molar-refractivity contribution in [3.63, 3.8) is 0 Å². The van der Waals surface area contributed by atoms with Crippen LogP contribution in [0.2, 0.25) is 0 Å². The molecular formula is C20H21NO6S. The van der Waals surface area contributed by atoms with Crippen LogP contribution >= 0.6 is 12.6 Å². The number of phenolic OH excluding ortho intramolecular Hbond substituents is 2. The molecule has 2 aliphatic rings. The van der Waals surface area contributed by atoms with Crippen molar-refractivity contribution in [3.8, 4) is 17.2 Å². The quantitative estimate of drug-likeness (QED) is 0.263. The average molecular weight is 403 g/mol. The fourth-order valence-electron chi connectivity index (χ4n) is 3.69. The van der Waals surface area contributed by atoms with Gasteiger partial charge in [0.2, 0.25) is 0 Å². The lowest BCUT2D eigenvalue weighted by atomic mass is 9.70. The average Bonchev–Trinajstić information content (AvgIpc) is 2.91. The highest BCUT2D eigenvalue weighted by Gasteiger charge is 2.56. The summed E-state index contributed by atoms with van der Waals surface area (Å²) in [5.74, 6) is -1.87. The molecule has 0 spiro atoms. The van der Waals surface area contributed by atoms with Crippen LogP contribution in [-0.2, 0) is 15.0 Å². The third kappa shape index (κ3) is 2.55. The lowest BCUT2D eigenvalue weighted by molar-refractivity contribution is -0.123. The van der Waals surface area contributed by atoms with Crippen LogP contribution in [0, 0.1) is 6.92 Å². The number of nitrogens with one attached hydrogen (secondary N) is 1. The minimum absolute atomic E-state index is 0.0195. The first-order chi connectivity index (χ1) is 13.1. The van der Waals surface area contributed by atoms with Crippen LogP contribution in [0.15, 0.2) is 23.1 Å². The number of benzene rings is 1. The van der Waals surface area contributed by atoms with Gasteiger partial charge in [0.15, 0.2) is 17.3 Å². The molecule has 0 saturated carbocycles. The Balaban J connectivity index is 2.32. The van der Waals surface area contributed by atoms with Crippen LogP contribution in [0.1, 0.15) is 42.3 Å². The number of ketones is 3. The van der Waals surface area contributed by atoms with E-state index in [4.69, 9.17) is 4.74 Å². The lowest BCUT2D eigenvalue weighted by Gasteiger charge is -2.29. The van der Waals surface area contributed by atoms with Gasteiger partial charge in [-0.15, -0.1) is 0 Å². The predicted molar refractivity (Wildman–Crippen MR) is 105 cm³/mol. The molecule has 1 aromatic carbocycles. The van der Waals surface area contributed by atoms with Crippen LogP contribution in [-0.4, -0.2) is 39.9 Å². The summed E-state index contributed by atoms with van der Waals surface area (Å²) < 4.78 is 5.70. The number of aromatic hydroxyl groups is 2. The molecular weight excluding hydrogens is 382 g/mol. The van der Waals surface area contributed by atoms with Crippen molar-refractivity contribution >= 4 is 30.0 Å². The molecule has 0 bridgehead atoms. The Morgan fingerprint density at radius 1 is 1.25 bits per heavy atom. The molecule has 0 saturated heterocycles. The first-order valence-corrected chi connectivity index (χ1v) is 9.35. The Labute approximate surface area is 167 Å². The van der Waals surface area contributed by atoms with Gasteiger partial charge in [0.05, 0.1) is 11.1 Å². The molecule has 1 aromatic rings. The van der Waals surface area contributed by atoms with Crippen molar-refractivity contribution in [1.82, 2.24) is 5.32 Å². The second kappa shape index (κ2) is 6.70. The van der Waals surface area contributed by atoms with E-state index < -0.39 is 28.5 Å². The zero-order valence-corrected chi connectivity index (χ0v) is 16.9. The normalized spacial score (nSPS) is 22.2. The molecule has 3 rings (SSSR count). The van der Waals surface area contributed by atoms with E-state index in [1.807, 2.05) is 0 Å². The van der Waals surface area contributed by atoms with Crippen LogP contribution in [0.5, 0.6) is 17.2 Å². The summed E-state index contributed by atoms with van der Waals surface area (Å²) in [6, 6.07) is 0. The van der Waals surface area contributed by atoms with Gasteiger partial charge in [-0.25, -0.2) is 0 Å². The maximum Gasteiger partial charge on any atom is 0.194 e. The van der Waals surface area contributed by atoms with Gasteiger partial charge in [0, 0.05) is 29.6 Å². The van der Waals surface area contributed by atoms with Gasteiger partial charge in [0.25, 0.3) is 0 Å². The van der Waals surface area contributed by atoms with Crippen LogP contribution in [0.4, 0.5) is 0 Å². The van der Waals surface area contributed by atoms with Crippen molar-refractivity contribution in [1.29, 1.82) is 0 Å². The van der Waals surface area contributed by atoms with E-state index in [9.17, 15) is 24.6 Å². The molecule has 1 aliphatic heterocycles. The van der Waals surface area contributed by atoms with Crippen molar-refractivity contribution in [3.05, 3.63) is 39.8 Å². The minimum Gasteiger partial charge on any atom is -0.507 e. The number of allylic oxidation sites excluding steroid dienone is 4.